The Bertz CT molecular complexity index is 1980. The highest BCUT2D eigenvalue weighted by molar-refractivity contribution is 7.47. The largest absolute Gasteiger partial charge is 0.472 e. The van der Waals surface area contributed by atoms with Gasteiger partial charge in [-0.25, -0.2) is 9.13 Å². The molecule has 17 nitrogen and oxygen atoms in total. The van der Waals surface area contributed by atoms with Crippen molar-refractivity contribution >= 4 is 39.5 Å². The molecule has 0 aromatic rings. The van der Waals surface area contributed by atoms with Crippen molar-refractivity contribution < 1.29 is 80.2 Å². The van der Waals surface area contributed by atoms with Crippen molar-refractivity contribution in [3.05, 3.63) is 0 Å². The molecule has 612 valence electrons. The van der Waals surface area contributed by atoms with Gasteiger partial charge in [0.15, 0.2) is 12.2 Å². The number of carbonyl (C=O) groups excluding carboxylic acids is 4. The van der Waals surface area contributed by atoms with Crippen molar-refractivity contribution in [1.82, 2.24) is 0 Å². The summed E-state index contributed by atoms with van der Waals surface area (Å²) in [4.78, 5) is 73.2. The number of aliphatic hydroxyl groups is 1. The summed E-state index contributed by atoms with van der Waals surface area (Å²) in [6, 6.07) is 0. The average molecular weight is 1510 g/mol. The van der Waals surface area contributed by atoms with E-state index in [2.05, 4.69) is 41.5 Å². The van der Waals surface area contributed by atoms with E-state index in [4.69, 9.17) is 37.0 Å². The van der Waals surface area contributed by atoms with Crippen LogP contribution >= 0.6 is 15.6 Å². The summed E-state index contributed by atoms with van der Waals surface area (Å²) in [7, 11) is -9.93. The van der Waals surface area contributed by atoms with Gasteiger partial charge in [-0.15, -0.1) is 0 Å². The molecule has 0 saturated heterocycles. The summed E-state index contributed by atoms with van der Waals surface area (Å²) >= 11 is 0. The van der Waals surface area contributed by atoms with Crippen LogP contribution in [0.25, 0.3) is 0 Å². The van der Waals surface area contributed by atoms with Gasteiger partial charge in [-0.05, 0) is 37.5 Å². The highest BCUT2D eigenvalue weighted by atomic mass is 31.2. The fraction of sp³-hybridized carbons (Fsp3) is 0.952. The Kier molecular flexibility index (Phi) is 74.1. The van der Waals surface area contributed by atoms with Gasteiger partial charge in [-0.1, -0.05) is 395 Å². The van der Waals surface area contributed by atoms with Crippen LogP contribution in [-0.4, -0.2) is 96.7 Å². The molecular weight excluding hydrogens is 1340 g/mol. The molecule has 0 rings (SSSR count). The minimum atomic E-state index is -4.96. The highest BCUT2D eigenvalue weighted by Crippen LogP contribution is 2.45. The molecule has 0 amide bonds. The molecule has 0 aliphatic carbocycles. The van der Waals surface area contributed by atoms with Crippen LogP contribution in [0.15, 0.2) is 0 Å². The minimum absolute atomic E-state index is 0.106. The molecule has 0 aliphatic rings. The van der Waals surface area contributed by atoms with Gasteiger partial charge in [0, 0.05) is 25.7 Å². The van der Waals surface area contributed by atoms with Crippen LogP contribution < -0.4 is 0 Å². The van der Waals surface area contributed by atoms with E-state index in [0.717, 1.165) is 102 Å². The first-order valence-corrected chi connectivity index (χ1v) is 46.5. The fourth-order valence-corrected chi connectivity index (χ4v) is 14.6. The van der Waals surface area contributed by atoms with E-state index in [1.165, 1.54) is 263 Å². The monoisotopic (exact) mass is 1510 g/mol. The fourth-order valence-electron chi connectivity index (χ4n) is 13.1. The molecule has 2 unspecified atom stereocenters. The van der Waals surface area contributed by atoms with E-state index >= 15 is 0 Å². The first kappa shape index (κ1) is 101. The van der Waals surface area contributed by atoms with Crippen LogP contribution in [0.2, 0.25) is 0 Å². The lowest BCUT2D eigenvalue weighted by molar-refractivity contribution is -0.161. The van der Waals surface area contributed by atoms with Gasteiger partial charge in [0.05, 0.1) is 26.4 Å². The normalized spacial score (nSPS) is 13.9. The molecular formula is C84H164O17P2. The predicted octanol–water partition coefficient (Wildman–Crippen LogP) is 25.5. The number of carbonyl (C=O) groups is 4. The molecule has 0 aromatic carbocycles. The third-order valence-electron chi connectivity index (χ3n) is 19.7. The summed E-state index contributed by atoms with van der Waals surface area (Å²) < 4.78 is 68.9. The smallest absolute Gasteiger partial charge is 0.462 e. The standard InChI is InChI=1S/C84H164O17P2/c1-7-9-11-13-15-17-19-21-23-25-27-29-31-33-35-44-50-56-62-68-83(88)100-79(72-94-81(86)66-60-54-48-42-34-32-30-28-26-24-22-20-18-16-14-12-10-8-2)74-98-102(90,91)96-70-78(85)71-97-103(92,93)99-75-80(101-84(89)69-63-57-51-45-39-37-41-47-53-59-65-77(5)6)73-95-82(87)67-61-55-49-43-38-36-40-46-52-58-64-76(3)4/h76-80,85H,7-75H2,1-6H3,(H,90,91)(H,92,93)/t78-,79-,80-/m1/s1. The summed E-state index contributed by atoms with van der Waals surface area (Å²) in [5, 5.41) is 10.7. The van der Waals surface area contributed by atoms with E-state index in [1.807, 2.05) is 0 Å². The van der Waals surface area contributed by atoms with E-state index in [1.54, 1.807) is 0 Å². The molecule has 3 N–H and O–H groups in total. The number of phosphoric ester groups is 2. The number of hydrogen-bond acceptors (Lipinski definition) is 15. The predicted molar refractivity (Wildman–Crippen MR) is 423 cm³/mol. The second-order valence-corrected chi connectivity index (χ2v) is 34.1. The molecule has 5 atom stereocenters. The second kappa shape index (κ2) is 75.5. The number of unbranched alkanes of at least 4 members (excludes halogenated alkanes) is 53. The van der Waals surface area contributed by atoms with E-state index in [-0.39, 0.29) is 25.7 Å². The minimum Gasteiger partial charge on any atom is -0.462 e. The molecule has 0 spiro atoms. The maximum atomic E-state index is 13.1. The van der Waals surface area contributed by atoms with Crippen molar-refractivity contribution in [3.8, 4) is 0 Å². The van der Waals surface area contributed by atoms with Crippen LogP contribution in [0, 0.1) is 11.8 Å². The summed E-state index contributed by atoms with van der Waals surface area (Å²) in [5.41, 5.74) is 0. The molecule has 19 heteroatoms. The molecule has 0 radical (unpaired) electrons. The summed E-state index contributed by atoms with van der Waals surface area (Å²) in [5.74, 6) is -0.594. The SMILES string of the molecule is CCCCCCCCCCCCCCCCCCCCCC(=O)O[C@H](COC(=O)CCCCCCCCCCCCCCCCCCCC)COP(=O)(O)OC[C@@H](O)COP(=O)(O)OC[C@@H](COC(=O)CCCCCCCCCCCCC(C)C)OC(=O)CCCCCCCCCCCCC(C)C. The van der Waals surface area contributed by atoms with Crippen molar-refractivity contribution in [3.63, 3.8) is 0 Å². The van der Waals surface area contributed by atoms with Gasteiger partial charge in [0.25, 0.3) is 0 Å². The third kappa shape index (κ3) is 78.0. The maximum Gasteiger partial charge on any atom is 0.472 e. The molecule has 0 fully saturated rings. The lowest BCUT2D eigenvalue weighted by Crippen LogP contribution is -2.30. The zero-order chi connectivity index (χ0) is 75.6. The lowest BCUT2D eigenvalue weighted by Gasteiger charge is -2.21. The van der Waals surface area contributed by atoms with E-state index in [0.29, 0.717) is 25.7 Å². The second-order valence-electron chi connectivity index (χ2n) is 31.2. The quantitative estimate of drug-likeness (QED) is 0.0222. The molecule has 103 heavy (non-hydrogen) atoms. The van der Waals surface area contributed by atoms with Crippen LogP contribution in [0.4, 0.5) is 0 Å². The maximum absolute atomic E-state index is 13.1. The van der Waals surface area contributed by atoms with E-state index in [9.17, 15) is 43.2 Å². The van der Waals surface area contributed by atoms with Gasteiger partial charge >= 0.3 is 39.5 Å². The molecule has 0 saturated carbocycles. The van der Waals surface area contributed by atoms with Crippen molar-refractivity contribution in [1.29, 1.82) is 0 Å². The van der Waals surface area contributed by atoms with Crippen molar-refractivity contribution in [2.24, 2.45) is 11.8 Å². The van der Waals surface area contributed by atoms with Gasteiger partial charge in [0.2, 0.25) is 0 Å². The lowest BCUT2D eigenvalue weighted by atomic mass is 10.0. The van der Waals surface area contributed by atoms with Gasteiger partial charge < -0.3 is 33.8 Å². The number of hydrogen-bond donors (Lipinski definition) is 3. The number of ether oxygens (including phenoxy) is 4. The first-order valence-electron chi connectivity index (χ1n) is 43.5. The van der Waals surface area contributed by atoms with Crippen LogP contribution in [0.5, 0.6) is 0 Å². The topological polar surface area (TPSA) is 237 Å². The summed E-state index contributed by atoms with van der Waals surface area (Å²) in [6.07, 6.45) is 66.6. The Morgan fingerprint density at radius 2 is 0.447 bits per heavy atom. The zero-order valence-electron chi connectivity index (χ0n) is 67.6. The Morgan fingerprint density at radius 1 is 0.262 bits per heavy atom. The van der Waals surface area contributed by atoms with Gasteiger partial charge in [-0.3, -0.25) is 37.3 Å². The molecule has 0 bridgehead atoms. The molecule has 0 aromatic heterocycles. The zero-order valence-corrected chi connectivity index (χ0v) is 69.4. The first-order chi connectivity index (χ1) is 49.9. The highest BCUT2D eigenvalue weighted by Gasteiger charge is 2.30. The van der Waals surface area contributed by atoms with Gasteiger partial charge in [-0.2, -0.15) is 0 Å². The number of aliphatic hydroxyl groups excluding tert-OH is 1. The Balaban J connectivity index is 5.25. The Labute approximate surface area is 632 Å². The van der Waals surface area contributed by atoms with Crippen LogP contribution in [0.3, 0.4) is 0 Å². The van der Waals surface area contributed by atoms with Gasteiger partial charge in [0.1, 0.15) is 19.3 Å². The molecule has 0 aliphatic heterocycles. The van der Waals surface area contributed by atoms with E-state index < -0.39 is 97.5 Å². The van der Waals surface area contributed by atoms with Crippen molar-refractivity contribution in [2.75, 3.05) is 39.6 Å². The molecule has 0 heterocycles. The number of rotatable bonds is 83. The third-order valence-corrected chi connectivity index (χ3v) is 21.6. The number of phosphoric acid groups is 2. The average Bonchev–Trinajstić information content (AvgIpc) is 0.923. The van der Waals surface area contributed by atoms with Crippen molar-refractivity contribution in [2.45, 2.75) is 464 Å². The Morgan fingerprint density at radius 3 is 0.660 bits per heavy atom. The Hall–Kier alpha value is -1.94. The number of esters is 4. The van der Waals surface area contributed by atoms with Crippen LogP contribution in [0.1, 0.15) is 446 Å². The summed E-state index contributed by atoms with van der Waals surface area (Å²) in [6.45, 7) is 9.64. The van der Waals surface area contributed by atoms with Crippen LogP contribution in [-0.2, 0) is 65.4 Å².